The maximum Gasteiger partial charge on any atom is 0.305 e. The number of hydrogen-bond donors (Lipinski definition) is 2. The largest absolute Gasteiger partial charge is 0.481 e. The molecule has 0 saturated heterocycles. The fourth-order valence-corrected chi connectivity index (χ4v) is 1.31. The van der Waals surface area contributed by atoms with Crippen molar-refractivity contribution in [3.05, 3.63) is 35.4 Å². The van der Waals surface area contributed by atoms with E-state index in [-0.39, 0.29) is 12.0 Å². The molecule has 0 radical (unpaired) electrons. The van der Waals surface area contributed by atoms with Gasteiger partial charge in [-0.1, -0.05) is 0 Å². The van der Waals surface area contributed by atoms with Crippen LogP contribution < -0.4 is 5.32 Å². The molecule has 1 aromatic rings. The Morgan fingerprint density at radius 1 is 1.29 bits per heavy atom. The molecule has 0 aromatic heterocycles. The van der Waals surface area contributed by atoms with E-state index in [2.05, 4.69) is 5.32 Å². The van der Waals surface area contributed by atoms with E-state index in [1.807, 2.05) is 0 Å². The van der Waals surface area contributed by atoms with Crippen molar-refractivity contribution in [2.45, 2.75) is 19.4 Å². The molecule has 0 saturated carbocycles. The standard InChI is InChI=1S/C11H11F2NO3/c1-6(2-10(15)16)14-11(17)7-3-8(12)5-9(13)4-7/h3-6H,2H2,1H3,(H,14,17)(H,15,16). The lowest BCUT2D eigenvalue weighted by atomic mass is 10.1. The molecule has 17 heavy (non-hydrogen) atoms. The summed E-state index contributed by atoms with van der Waals surface area (Å²) in [5.74, 6) is -3.50. The van der Waals surface area contributed by atoms with Crippen LogP contribution in [0.5, 0.6) is 0 Å². The Bertz CT molecular complexity index is 428. The van der Waals surface area contributed by atoms with Gasteiger partial charge >= 0.3 is 5.97 Å². The number of rotatable bonds is 4. The van der Waals surface area contributed by atoms with E-state index in [4.69, 9.17) is 5.11 Å². The highest BCUT2D eigenvalue weighted by molar-refractivity contribution is 5.94. The first-order valence-electron chi connectivity index (χ1n) is 4.87. The van der Waals surface area contributed by atoms with E-state index < -0.39 is 29.6 Å². The summed E-state index contributed by atoms with van der Waals surface area (Å²) in [6.45, 7) is 1.49. The van der Waals surface area contributed by atoms with E-state index in [1.165, 1.54) is 6.92 Å². The molecular formula is C11H11F2NO3. The van der Waals surface area contributed by atoms with Gasteiger partial charge in [-0.05, 0) is 19.1 Å². The number of benzene rings is 1. The minimum atomic E-state index is -1.07. The van der Waals surface area contributed by atoms with Gasteiger partial charge in [-0.25, -0.2) is 8.78 Å². The highest BCUT2D eigenvalue weighted by Gasteiger charge is 2.14. The van der Waals surface area contributed by atoms with Crippen molar-refractivity contribution in [3.63, 3.8) is 0 Å². The van der Waals surface area contributed by atoms with Gasteiger partial charge in [0.15, 0.2) is 0 Å². The SMILES string of the molecule is CC(CC(=O)O)NC(=O)c1cc(F)cc(F)c1. The third kappa shape index (κ3) is 4.18. The zero-order valence-corrected chi connectivity index (χ0v) is 9.04. The number of halogens is 2. The van der Waals surface area contributed by atoms with Crippen LogP contribution in [0.25, 0.3) is 0 Å². The van der Waals surface area contributed by atoms with E-state index in [1.54, 1.807) is 0 Å². The van der Waals surface area contributed by atoms with Crippen LogP contribution in [-0.2, 0) is 4.79 Å². The lowest BCUT2D eigenvalue weighted by Gasteiger charge is -2.11. The lowest BCUT2D eigenvalue weighted by Crippen LogP contribution is -2.34. The summed E-state index contributed by atoms with van der Waals surface area (Å²) in [6, 6.07) is 1.79. The van der Waals surface area contributed by atoms with Gasteiger partial charge in [0.25, 0.3) is 5.91 Å². The second kappa shape index (κ2) is 5.38. The van der Waals surface area contributed by atoms with Crippen molar-refractivity contribution in [3.8, 4) is 0 Å². The van der Waals surface area contributed by atoms with Gasteiger partial charge in [0.2, 0.25) is 0 Å². The Kier molecular flexibility index (Phi) is 4.14. The number of hydrogen-bond acceptors (Lipinski definition) is 2. The topological polar surface area (TPSA) is 66.4 Å². The molecule has 0 aliphatic heterocycles. The first-order valence-corrected chi connectivity index (χ1v) is 4.87. The van der Waals surface area contributed by atoms with Crippen molar-refractivity contribution in [2.75, 3.05) is 0 Å². The number of carboxylic acid groups (broad SMARTS) is 1. The molecule has 0 aliphatic rings. The summed E-state index contributed by atoms with van der Waals surface area (Å²) in [5.41, 5.74) is -0.181. The average Bonchev–Trinajstić information content (AvgIpc) is 2.14. The predicted octanol–water partition coefficient (Wildman–Crippen LogP) is 1.56. The van der Waals surface area contributed by atoms with Gasteiger partial charge in [0.05, 0.1) is 6.42 Å². The number of carbonyl (C=O) groups is 2. The summed E-state index contributed by atoms with van der Waals surface area (Å²) in [6.07, 6.45) is -0.260. The molecule has 1 atom stereocenters. The molecule has 0 bridgehead atoms. The normalized spacial score (nSPS) is 11.9. The molecule has 6 heteroatoms. The second-order valence-corrected chi connectivity index (χ2v) is 3.63. The van der Waals surface area contributed by atoms with Crippen LogP contribution in [0.1, 0.15) is 23.7 Å². The molecule has 1 aromatic carbocycles. The molecule has 1 unspecified atom stereocenters. The quantitative estimate of drug-likeness (QED) is 0.843. The Morgan fingerprint density at radius 2 is 1.82 bits per heavy atom. The summed E-state index contributed by atoms with van der Waals surface area (Å²) >= 11 is 0. The van der Waals surface area contributed by atoms with Crippen LogP contribution in [-0.4, -0.2) is 23.0 Å². The molecule has 0 aliphatic carbocycles. The summed E-state index contributed by atoms with van der Waals surface area (Å²) in [7, 11) is 0. The van der Waals surface area contributed by atoms with Crippen LogP contribution in [0, 0.1) is 11.6 Å². The summed E-state index contributed by atoms with van der Waals surface area (Å²) in [4.78, 5) is 21.9. The monoisotopic (exact) mass is 243 g/mol. The van der Waals surface area contributed by atoms with Crippen LogP contribution in [0.4, 0.5) is 8.78 Å². The first-order chi connectivity index (χ1) is 7.88. The number of carboxylic acids is 1. The average molecular weight is 243 g/mol. The highest BCUT2D eigenvalue weighted by Crippen LogP contribution is 2.08. The second-order valence-electron chi connectivity index (χ2n) is 3.63. The van der Waals surface area contributed by atoms with Gasteiger partial charge in [0, 0.05) is 17.7 Å². The minimum Gasteiger partial charge on any atom is -0.481 e. The smallest absolute Gasteiger partial charge is 0.305 e. The summed E-state index contributed by atoms with van der Waals surface area (Å²) in [5, 5.41) is 10.8. The zero-order chi connectivity index (χ0) is 13.0. The molecular weight excluding hydrogens is 232 g/mol. The fourth-order valence-electron chi connectivity index (χ4n) is 1.31. The third-order valence-electron chi connectivity index (χ3n) is 1.98. The number of amides is 1. The van der Waals surface area contributed by atoms with Crippen molar-refractivity contribution < 1.29 is 23.5 Å². The molecule has 2 N–H and O–H groups in total. The van der Waals surface area contributed by atoms with Gasteiger partial charge in [-0.15, -0.1) is 0 Å². The number of carbonyl (C=O) groups excluding carboxylic acids is 1. The van der Waals surface area contributed by atoms with Crippen molar-refractivity contribution in [1.29, 1.82) is 0 Å². The molecule has 4 nitrogen and oxygen atoms in total. The van der Waals surface area contributed by atoms with E-state index in [9.17, 15) is 18.4 Å². The van der Waals surface area contributed by atoms with Gasteiger partial charge in [0.1, 0.15) is 11.6 Å². The van der Waals surface area contributed by atoms with Gasteiger partial charge in [-0.3, -0.25) is 9.59 Å². The molecule has 92 valence electrons. The number of nitrogens with one attached hydrogen (secondary N) is 1. The Balaban J connectivity index is 2.72. The molecule has 1 amide bonds. The fraction of sp³-hybridized carbons (Fsp3) is 0.273. The number of aliphatic carboxylic acids is 1. The molecule has 0 fully saturated rings. The maximum absolute atomic E-state index is 12.8. The Labute approximate surface area is 96.3 Å². The van der Waals surface area contributed by atoms with Gasteiger partial charge < -0.3 is 10.4 Å². The van der Waals surface area contributed by atoms with Crippen molar-refractivity contribution in [1.82, 2.24) is 5.32 Å². The summed E-state index contributed by atoms with van der Waals surface area (Å²) < 4.78 is 25.6. The van der Waals surface area contributed by atoms with Crippen LogP contribution in [0.3, 0.4) is 0 Å². The Morgan fingerprint density at radius 3 is 2.29 bits per heavy atom. The van der Waals surface area contributed by atoms with Gasteiger partial charge in [-0.2, -0.15) is 0 Å². The van der Waals surface area contributed by atoms with E-state index in [0.29, 0.717) is 6.07 Å². The predicted molar refractivity (Wildman–Crippen MR) is 55.5 cm³/mol. The lowest BCUT2D eigenvalue weighted by molar-refractivity contribution is -0.137. The van der Waals surface area contributed by atoms with Crippen LogP contribution in [0.2, 0.25) is 0 Å². The highest BCUT2D eigenvalue weighted by atomic mass is 19.1. The first kappa shape index (κ1) is 13.1. The zero-order valence-electron chi connectivity index (χ0n) is 9.04. The van der Waals surface area contributed by atoms with Crippen molar-refractivity contribution in [2.24, 2.45) is 0 Å². The van der Waals surface area contributed by atoms with Crippen LogP contribution in [0.15, 0.2) is 18.2 Å². The van der Waals surface area contributed by atoms with E-state index >= 15 is 0 Å². The minimum absolute atomic E-state index is 0.181. The van der Waals surface area contributed by atoms with Crippen molar-refractivity contribution >= 4 is 11.9 Å². The van der Waals surface area contributed by atoms with E-state index in [0.717, 1.165) is 12.1 Å². The molecule has 0 spiro atoms. The molecule has 0 heterocycles. The maximum atomic E-state index is 12.8. The van der Waals surface area contributed by atoms with Crippen LogP contribution >= 0.6 is 0 Å². The Hall–Kier alpha value is -1.98. The third-order valence-corrected chi connectivity index (χ3v) is 1.98. The molecule has 1 rings (SSSR count).